The number of benzene rings is 6. The maximum atomic E-state index is 2.28. The first-order valence-electron chi connectivity index (χ1n) is 13.8. The van der Waals surface area contributed by atoms with Crippen LogP contribution >= 0.6 is 0 Å². The zero-order valence-electron chi connectivity index (χ0n) is 22.2. The molecule has 0 aliphatic heterocycles. The third-order valence-electron chi connectivity index (χ3n) is 7.68. The number of fused-ring (bicyclic) bond motifs is 1. The Morgan fingerprint density at radius 2 is 0.650 bits per heavy atom. The van der Waals surface area contributed by atoms with Crippen LogP contribution in [0.3, 0.4) is 0 Å². The molecule has 1 aliphatic rings. The van der Waals surface area contributed by atoms with Crippen LogP contribution in [0, 0.1) is 0 Å². The molecule has 0 nitrogen and oxygen atoms in total. The van der Waals surface area contributed by atoms with E-state index < -0.39 is 0 Å². The Morgan fingerprint density at radius 3 is 1.20 bits per heavy atom. The van der Waals surface area contributed by atoms with Crippen LogP contribution < -0.4 is 0 Å². The summed E-state index contributed by atoms with van der Waals surface area (Å²) in [5, 5.41) is 0. The molecule has 6 aromatic carbocycles. The third-order valence-corrected chi connectivity index (χ3v) is 7.68. The second kappa shape index (κ2) is 10.5. The Balaban J connectivity index is 1.56. The van der Waals surface area contributed by atoms with Crippen LogP contribution in [0.1, 0.15) is 33.4 Å². The zero-order chi connectivity index (χ0) is 26.7. The Kier molecular flexibility index (Phi) is 6.28. The molecule has 0 heterocycles. The molecule has 1 aliphatic carbocycles. The minimum atomic E-state index is 1.22. The smallest absolute Gasteiger partial charge is 0.000808 e. The Bertz CT molecular complexity index is 1780. The van der Waals surface area contributed by atoms with E-state index in [2.05, 4.69) is 170 Å². The van der Waals surface area contributed by atoms with Gasteiger partial charge in [-0.1, -0.05) is 170 Å². The summed E-state index contributed by atoms with van der Waals surface area (Å²) < 4.78 is 0. The van der Waals surface area contributed by atoms with E-state index in [1.54, 1.807) is 0 Å². The molecule has 0 radical (unpaired) electrons. The van der Waals surface area contributed by atoms with Gasteiger partial charge in [-0.2, -0.15) is 0 Å². The van der Waals surface area contributed by atoms with E-state index in [4.69, 9.17) is 0 Å². The fraction of sp³-hybridized carbons (Fsp3) is 0. The molecule has 0 saturated carbocycles. The van der Waals surface area contributed by atoms with Crippen LogP contribution in [0.5, 0.6) is 0 Å². The van der Waals surface area contributed by atoms with Gasteiger partial charge in [0.25, 0.3) is 0 Å². The largest absolute Gasteiger partial charge is 0.0622 e. The lowest BCUT2D eigenvalue weighted by atomic mass is 9.85. The van der Waals surface area contributed by atoms with Gasteiger partial charge in [0, 0.05) is 0 Å². The highest BCUT2D eigenvalue weighted by Gasteiger charge is 2.31. The van der Waals surface area contributed by atoms with Crippen LogP contribution in [0.4, 0.5) is 0 Å². The Hall–Kier alpha value is -5.20. The van der Waals surface area contributed by atoms with E-state index in [0.717, 1.165) is 0 Å². The first-order chi connectivity index (χ1) is 19.9. The van der Waals surface area contributed by atoms with E-state index in [9.17, 15) is 0 Å². The Morgan fingerprint density at radius 1 is 0.275 bits per heavy atom. The molecular formula is C40H28. The van der Waals surface area contributed by atoms with Gasteiger partial charge in [-0.25, -0.2) is 0 Å². The number of rotatable bonds is 5. The van der Waals surface area contributed by atoms with E-state index in [1.165, 1.54) is 66.8 Å². The summed E-state index contributed by atoms with van der Waals surface area (Å²) in [5.74, 6) is 0. The standard InChI is InChI=1S/C40H28/c1-5-15-29(16-6-1)30-25-27-34(28-26-30)38-35-23-13-14-24-36(35)40(39(38)33-21-11-4-12-22-33)37(31-17-7-2-8-18-31)32-19-9-3-10-20-32/h1-28H. The molecule has 40 heavy (non-hydrogen) atoms. The molecule has 0 spiro atoms. The number of hydrogen-bond donors (Lipinski definition) is 0. The molecule has 0 heteroatoms. The first kappa shape index (κ1) is 23.9. The van der Waals surface area contributed by atoms with E-state index >= 15 is 0 Å². The lowest BCUT2D eigenvalue weighted by Gasteiger charge is -2.18. The van der Waals surface area contributed by atoms with Crippen molar-refractivity contribution in [3.63, 3.8) is 0 Å². The molecule has 0 bridgehead atoms. The summed E-state index contributed by atoms with van der Waals surface area (Å²) in [6.45, 7) is 0. The van der Waals surface area contributed by atoms with E-state index in [0.29, 0.717) is 0 Å². The minimum absolute atomic E-state index is 1.22. The second-order valence-electron chi connectivity index (χ2n) is 10.1. The van der Waals surface area contributed by atoms with Gasteiger partial charge in [-0.05, 0) is 66.8 Å². The normalized spacial score (nSPS) is 12.3. The fourth-order valence-corrected chi connectivity index (χ4v) is 5.89. The summed E-state index contributed by atoms with van der Waals surface area (Å²) in [6, 6.07) is 61.0. The molecular weight excluding hydrogens is 480 g/mol. The maximum Gasteiger partial charge on any atom is -0.000808 e. The van der Waals surface area contributed by atoms with Crippen molar-refractivity contribution in [1.82, 2.24) is 0 Å². The van der Waals surface area contributed by atoms with Gasteiger partial charge in [0.15, 0.2) is 0 Å². The number of allylic oxidation sites excluding steroid dienone is 2. The van der Waals surface area contributed by atoms with Gasteiger partial charge in [-0.15, -0.1) is 0 Å². The molecule has 0 fully saturated rings. The van der Waals surface area contributed by atoms with Crippen molar-refractivity contribution in [2.75, 3.05) is 0 Å². The van der Waals surface area contributed by atoms with Crippen LogP contribution in [0.15, 0.2) is 170 Å². The van der Waals surface area contributed by atoms with Crippen molar-refractivity contribution in [3.05, 3.63) is 203 Å². The summed E-state index contributed by atoms with van der Waals surface area (Å²) >= 11 is 0. The van der Waals surface area contributed by atoms with Crippen molar-refractivity contribution in [2.24, 2.45) is 0 Å². The predicted octanol–water partition coefficient (Wildman–Crippen LogP) is 10.3. The van der Waals surface area contributed by atoms with Crippen LogP contribution in [0.25, 0.3) is 33.4 Å². The molecule has 0 saturated heterocycles. The minimum Gasteiger partial charge on any atom is -0.0622 e. The molecule has 188 valence electrons. The fourth-order valence-electron chi connectivity index (χ4n) is 5.89. The lowest BCUT2D eigenvalue weighted by Crippen LogP contribution is -1.96. The van der Waals surface area contributed by atoms with Gasteiger partial charge in [0.1, 0.15) is 0 Å². The average Bonchev–Trinajstić information content (AvgIpc) is 3.38. The van der Waals surface area contributed by atoms with Crippen LogP contribution in [-0.2, 0) is 0 Å². The van der Waals surface area contributed by atoms with Crippen molar-refractivity contribution in [1.29, 1.82) is 0 Å². The van der Waals surface area contributed by atoms with Gasteiger partial charge >= 0.3 is 0 Å². The molecule has 0 unspecified atom stereocenters. The second-order valence-corrected chi connectivity index (χ2v) is 10.1. The topological polar surface area (TPSA) is 0 Å². The molecule has 0 amide bonds. The summed E-state index contributed by atoms with van der Waals surface area (Å²) in [4.78, 5) is 0. The lowest BCUT2D eigenvalue weighted by molar-refractivity contribution is 1.53. The van der Waals surface area contributed by atoms with Crippen molar-refractivity contribution >= 4 is 22.3 Å². The summed E-state index contributed by atoms with van der Waals surface area (Å²) in [5.41, 5.74) is 15.0. The quantitative estimate of drug-likeness (QED) is 0.217. The molecule has 0 N–H and O–H groups in total. The Labute approximate surface area is 236 Å². The highest BCUT2D eigenvalue weighted by Crippen LogP contribution is 2.53. The average molecular weight is 509 g/mol. The highest BCUT2D eigenvalue weighted by atomic mass is 14.3. The summed E-state index contributed by atoms with van der Waals surface area (Å²) in [6.07, 6.45) is 0. The van der Waals surface area contributed by atoms with Gasteiger partial charge in [0.05, 0.1) is 0 Å². The van der Waals surface area contributed by atoms with Crippen LogP contribution in [0.2, 0.25) is 0 Å². The van der Waals surface area contributed by atoms with E-state index in [-0.39, 0.29) is 0 Å². The van der Waals surface area contributed by atoms with Gasteiger partial charge < -0.3 is 0 Å². The van der Waals surface area contributed by atoms with Crippen molar-refractivity contribution in [3.8, 4) is 11.1 Å². The van der Waals surface area contributed by atoms with E-state index in [1.807, 2.05) is 0 Å². The van der Waals surface area contributed by atoms with Crippen molar-refractivity contribution in [2.45, 2.75) is 0 Å². The predicted molar refractivity (Wildman–Crippen MR) is 169 cm³/mol. The molecule has 0 aromatic heterocycles. The summed E-state index contributed by atoms with van der Waals surface area (Å²) in [7, 11) is 0. The maximum absolute atomic E-state index is 2.28. The van der Waals surface area contributed by atoms with Crippen LogP contribution in [-0.4, -0.2) is 0 Å². The zero-order valence-corrected chi connectivity index (χ0v) is 22.2. The molecule has 7 rings (SSSR count). The first-order valence-corrected chi connectivity index (χ1v) is 13.8. The van der Waals surface area contributed by atoms with Gasteiger partial charge in [0.2, 0.25) is 0 Å². The monoisotopic (exact) mass is 508 g/mol. The molecule has 6 aromatic rings. The molecule has 0 atom stereocenters. The SMILES string of the molecule is c1ccc(C2=C(c3ccc(-c4ccccc4)cc3)c3ccccc3C2=C(c2ccccc2)c2ccccc2)cc1. The highest BCUT2D eigenvalue weighted by molar-refractivity contribution is 6.30. The van der Waals surface area contributed by atoms with Crippen molar-refractivity contribution < 1.29 is 0 Å². The number of hydrogen-bond acceptors (Lipinski definition) is 0. The third kappa shape index (κ3) is 4.30. The van der Waals surface area contributed by atoms with Gasteiger partial charge in [-0.3, -0.25) is 0 Å².